The fourth-order valence-corrected chi connectivity index (χ4v) is 2.43. The van der Waals surface area contributed by atoms with E-state index < -0.39 is 0 Å². The summed E-state index contributed by atoms with van der Waals surface area (Å²) in [6.45, 7) is 1.78. The van der Waals surface area contributed by atoms with E-state index in [2.05, 4.69) is 35.6 Å². The third-order valence-corrected chi connectivity index (χ3v) is 3.42. The quantitative estimate of drug-likeness (QED) is 0.826. The number of likely N-dealkylation sites (tertiary alicyclic amines) is 1. The van der Waals surface area contributed by atoms with Crippen molar-refractivity contribution < 1.29 is 0 Å². The van der Waals surface area contributed by atoms with E-state index in [4.69, 9.17) is 0 Å². The van der Waals surface area contributed by atoms with E-state index in [1.165, 1.54) is 12.8 Å². The van der Waals surface area contributed by atoms with Crippen LogP contribution in [0.15, 0.2) is 6.33 Å². The molecule has 0 aliphatic carbocycles. The summed E-state index contributed by atoms with van der Waals surface area (Å²) < 4.78 is 1.71. The SMILES string of the molecule is Cn1nnnc1CN1CCCCC1c1ncn[nH]1. The zero-order valence-electron chi connectivity index (χ0n) is 10.3. The summed E-state index contributed by atoms with van der Waals surface area (Å²) in [7, 11) is 1.86. The highest BCUT2D eigenvalue weighted by Crippen LogP contribution is 2.29. The molecule has 1 unspecified atom stereocenters. The Morgan fingerprint density at radius 1 is 1.44 bits per heavy atom. The molecule has 1 saturated heterocycles. The van der Waals surface area contributed by atoms with E-state index in [-0.39, 0.29) is 6.04 Å². The number of aromatic amines is 1. The lowest BCUT2D eigenvalue weighted by molar-refractivity contribution is 0.129. The highest BCUT2D eigenvalue weighted by molar-refractivity contribution is 4.96. The number of piperidine rings is 1. The number of hydrogen-bond donors (Lipinski definition) is 1. The van der Waals surface area contributed by atoms with Crippen LogP contribution in [-0.4, -0.2) is 46.8 Å². The lowest BCUT2D eigenvalue weighted by Gasteiger charge is -2.33. The molecule has 8 nitrogen and oxygen atoms in total. The maximum atomic E-state index is 4.28. The first kappa shape index (κ1) is 11.3. The van der Waals surface area contributed by atoms with Crippen LogP contribution in [-0.2, 0) is 13.6 Å². The number of hydrogen-bond acceptors (Lipinski definition) is 6. The van der Waals surface area contributed by atoms with Crippen LogP contribution in [0.3, 0.4) is 0 Å². The zero-order chi connectivity index (χ0) is 12.4. The summed E-state index contributed by atoms with van der Waals surface area (Å²) in [4.78, 5) is 6.63. The third-order valence-electron chi connectivity index (χ3n) is 3.42. The predicted molar refractivity (Wildman–Crippen MR) is 62.2 cm³/mol. The van der Waals surface area contributed by atoms with Crippen LogP contribution in [0.25, 0.3) is 0 Å². The predicted octanol–water partition coefficient (Wildman–Crippen LogP) is 0.0554. The minimum Gasteiger partial charge on any atom is -0.286 e. The van der Waals surface area contributed by atoms with Gasteiger partial charge in [0, 0.05) is 7.05 Å². The highest BCUT2D eigenvalue weighted by atomic mass is 15.5. The summed E-state index contributed by atoms with van der Waals surface area (Å²) in [5.41, 5.74) is 0. The first-order valence-corrected chi connectivity index (χ1v) is 6.15. The summed E-state index contributed by atoms with van der Waals surface area (Å²) in [5.74, 6) is 1.81. The zero-order valence-corrected chi connectivity index (χ0v) is 10.3. The summed E-state index contributed by atoms with van der Waals surface area (Å²) in [6, 6.07) is 0.290. The van der Waals surface area contributed by atoms with Crippen LogP contribution in [0.2, 0.25) is 0 Å². The molecular formula is C10H16N8. The number of nitrogens with one attached hydrogen (secondary N) is 1. The van der Waals surface area contributed by atoms with E-state index >= 15 is 0 Å². The fraction of sp³-hybridized carbons (Fsp3) is 0.700. The second kappa shape index (κ2) is 4.81. The fourth-order valence-electron chi connectivity index (χ4n) is 2.43. The Bertz CT molecular complexity index is 490. The third kappa shape index (κ3) is 2.10. The normalized spacial score (nSPS) is 21.3. The Labute approximate surface area is 104 Å². The van der Waals surface area contributed by atoms with Crippen molar-refractivity contribution in [3.05, 3.63) is 18.0 Å². The van der Waals surface area contributed by atoms with Gasteiger partial charge >= 0.3 is 0 Å². The van der Waals surface area contributed by atoms with Gasteiger partial charge in [0.05, 0.1) is 12.6 Å². The van der Waals surface area contributed by atoms with Gasteiger partial charge in [-0.25, -0.2) is 9.67 Å². The highest BCUT2D eigenvalue weighted by Gasteiger charge is 2.27. The van der Waals surface area contributed by atoms with E-state index in [1.54, 1.807) is 11.0 Å². The first-order chi connectivity index (χ1) is 8.84. The molecule has 18 heavy (non-hydrogen) atoms. The van der Waals surface area contributed by atoms with Gasteiger partial charge in [0.1, 0.15) is 12.2 Å². The van der Waals surface area contributed by atoms with Crippen molar-refractivity contribution in [2.45, 2.75) is 31.8 Å². The molecule has 2 aromatic heterocycles. The number of aromatic nitrogens is 7. The van der Waals surface area contributed by atoms with Crippen LogP contribution >= 0.6 is 0 Å². The van der Waals surface area contributed by atoms with E-state index in [1.807, 2.05) is 7.05 Å². The minimum atomic E-state index is 0.290. The largest absolute Gasteiger partial charge is 0.286 e. The second-order valence-electron chi connectivity index (χ2n) is 4.57. The molecule has 1 aliphatic rings. The van der Waals surface area contributed by atoms with Crippen molar-refractivity contribution in [3.8, 4) is 0 Å². The van der Waals surface area contributed by atoms with Crippen molar-refractivity contribution in [2.75, 3.05) is 6.54 Å². The van der Waals surface area contributed by atoms with Crippen molar-refractivity contribution >= 4 is 0 Å². The molecule has 1 atom stereocenters. The van der Waals surface area contributed by atoms with Gasteiger partial charge in [0.25, 0.3) is 0 Å². The van der Waals surface area contributed by atoms with Crippen molar-refractivity contribution in [3.63, 3.8) is 0 Å². The number of aryl methyl sites for hydroxylation is 1. The van der Waals surface area contributed by atoms with Gasteiger partial charge in [-0.15, -0.1) is 5.10 Å². The van der Waals surface area contributed by atoms with Gasteiger partial charge in [-0.1, -0.05) is 6.42 Å². The summed E-state index contributed by atoms with van der Waals surface area (Å²) in [5, 5.41) is 18.5. The molecule has 0 aromatic carbocycles. The van der Waals surface area contributed by atoms with Crippen LogP contribution in [0.1, 0.15) is 37.0 Å². The van der Waals surface area contributed by atoms with Crippen molar-refractivity contribution in [2.24, 2.45) is 7.05 Å². The average molecular weight is 248 g/mol. The lowest BCUT2D eigenvalue weighted by Crippen LogP contribution is -2.34. The lowest BCUT2D eigenvalue weighted by atomic mass is 10.0. The molecule has 8 heteroatoms. The van der Waals surface area contributed by atoms with E-state index in [0.717, 1.165) is 31.2 Å². The Balaban J connectivity index is 1.78. The molecule has 0 bridgehead atoms. The topological polar surface area (TPSA) is 88.4 Å². The molecule has 0 radical (unpaired) electrons. The van der Waals surface area contributed by atoms with E-state index in [0.29, 0.717) is 0 Å². The van der Waals surface area contributed by atoms with Crippen molar-refractivity contribution in [1.82, 2.24) is 40.3 Å². The maximum absolute atomic E-state index is 4.28. The van der Waals surface area contributed by atoms with Crippen LogP contribution in [0.4, 0.5) is 0 Å². The molecule has 1 N–H and O–H groups in total. The first-order valence-electron chi connectivity index (χ1n) is 6.15. The van der Waals surface area contributed by atoms with Gasteiger partial charge in [0.2, 0.25) is 0 Å². The molecule has 0 spiro atoms. The van der Waals surface area contributed by atoms with Gasteiger partial charge < -0.3 is 0 Å². The number of H-pyrrole nitrogens is 1. The molecule has 96 valence electrons. The molecule has 2 aromatic rings. The number of nitrogens with zero attached hydrogens (tertiary/aromatic N) is 7. The smallest absolute Gasteiger partial charge is 0.165 e. The second-order valence-corrected chi connectivity index (χ2v) is 4.57. The van der Waals surface area contributed by atoms with Crippen LogP contribution in [0.5, 0.6) is 0 Å². The molecule has 1 aliphatic heterocycles. The molecule has 0 amide bonds. The van der Waals surface area contributed by atoms with Crippen LogP contribution in [0, 0.1) is 0 Å². The number of tetrazole rings is 1. The Morgan fingerprint density at radius 2 is 2.39 bits per heavy atom. The Hall–Kier alpha value is -1.83. The Morgan fingerprint density at radius 3 is 3.11 bits per heavy atom. The number of rotatable bonds is 3. The molecule has 3 rings (SSSR count). The molecule has 3 heterocycles. The maximum Gasteiger partial charge on any atom is 0.165 e. The minimum absolute atomic E-state index is 0.290. The molecular weight excluding hydrogens is 232 g/mol. The average Bonchev–Trinajstić information content (AvgIpc) is 3.03. The Kier molecular flexibility index (Phi) is 3.01. The van der Waals surface area contributed by atoms with Crippen LogP contribution < -0.4 is 0 Å². The van der Waals surface area contributed by atoms with E-state index in [9.17, 15) is 0 Å². The van der Waals surface area contributed by atoms with Gasteiger partial charge in [-0.2, -0.15) is 5.10 Å². The summed E-state index contributed by atoms with van der Waals surface area (Å²) in [6.07, 6.45) is 5.08. The standard InChI is InChI=1S/C10H16N8/c1-17-9(13-15-16-17)6-18-5-3-2-4-8(18)10-11-7-12-14-10/h7-8H,2-6H2,1H3,(H,11,12,14). The van der Waals surface area contributed by atoms with Gasteiger partial charge in [0.15, 0.2) is 5.82 Å². The molecule has 0 saturated carbocycles. The molecule has 1 fully saturated rings. The van der Waals surface area contributed by atoms with Gasteiger partial charge in [-0.05, 0) is 29.8 Å². The van der Waals surface area contributed by atoms with Gasteiger partial charge in [-0.3, -0.25) is 10.00 Å². The monoisotopic (exact) mass is 248 g/mol. The summed E-state index contributed by atoms with van der Waals surface area (Å²) >= 11 is 0. The van der Waals surface area contributed by atoms with Crippen molar-refractivity contribution in [1.29, 1.82) is 0 Å².